The molecule has 7 heteroatoms. The number of hydrogen-bond donors (Lipinski definition) is 1. The zero-order valence-corrected chi connectivity index (χ0v) is 5.99. The summed E-state index contributed by atoms with van der Waals surface area (Å²) >= 11 is 0. The van der Waals surface area contributed by atoms with Crippen molar-refractivity contribution in [3.63, 3.8) is 0 Å². The van der Waals surface area contributed by atoms with Crippen LogP contribution in [-0.2, 0) is 0 Å². The van der Waals surface area contributed by atoms with E-state index in [0.29, 0.717) is 11.6 Å². The fourth-order valence-corrected chi connectivity index (χ4v) is 0.702. The predicted octanol–water partition coefficient (Wildman–Crippen LogP) is -0.966. The highest BCUT2D eigenvalue weighted by atomic mass is 15.5. The molecule has 0 amide bonds. The highest BCUT2D eigenvalue weighted by Crippen LogP contribution is 1.98. The SMILES string of the molecule is Nc1cnc(-n2cnnn2)nc1. The molecule has 0 aliphatic rings. The van der Waals surface area contributed by atoms with Crippen molar-refractivity contribution in [3.8, 4) is 5.95 Å². The van der Waals surface area contributed by atoms with Gasteiger partial charge >= 0.3 is 0 Å². The van der Waals surface area contributed by atoms with Gasteiger partial charge < -0.3 is 5.73 Å². The number of rotatable bonds is 1. The fraction of sp³-hybridized carbons (Fsp3) is 0. The molecular formula is C5H5N7. The van der Waals surface area contributed by atoms with Crippen molar-refractivity contribution in [1.82, 2.24) is 30.2 Å². The van der Waals surface area contributed by atoms with Gasteiger partial charge in [-0.05, 0) is 10.4 Å². The molecule has 12 heavy (non-hydrogen) atoms. The minimum Gasteiger partial charge on any atom is -0.396 e. The Morgan fingerprint density at radius 1 is 1.25 bits per heavy atom. The van der Waals surface area contributed by atoms with Gasteiger partial charge in [0.15, 0.2) is 0 Å². The maximum absolute atomic E-state index is 5.39. The zero-order chi connectivity index (χ0) is 8.39. The molecule has 2 aromatic rings. The van der Waals surface area contributed by atoms with E-state index in [1.54, 1.807) is 0 Å². The van der Waals surface area contributed by atoms with Crippen molar-refractivity contribution < 1.29 is 0 Å². The first kappa shape index (κ1) is 6.65. The van der Waals surface area contributed by atoms with Crippen LogP contribution in [0.3, 0.4) is 0 Å². The third-order valence-corrected chi connectivity index (χ3v) is 1.21. The van der Waals surface area contributed by atoms with Crippen LogP contribution < -0.4 is 5.73 Å². The summed E-state index contributed by atoms with van der Waals surface area (Å²) in [6.45, 7) is 0. The minimum atomic E-state index is 0.397. The molecule has 0 aromatic carbocycles. The molecule has 2 rings (SSSR count). The largest absolute Gasteiger partial charge is 0.396 e. The Balaban J connectivity index is 2.43. The molecular weight excluding hydrogens is 158 g/mol. The molecule has 0 aliphatic carbocycles. The van der Waals surface area contributed by atoms with Gasteiger partial charge in [-0.3, -0.25) is 0 Å². The molecule has 60 valence electrons. The third-order valence-electron chi connectivity index (χ3n) is 1.21. The van der Waals surface area contributed by atoms with E-state index in [0.717, 1.165) is 0 Å². The van der Waals surface area contributed by atoms with E-state index in [9.17, 15) is 0 Å². The van der Waals surface area contributed by atoms with Crippen LogP contribution in [0.4, 0.5) is 5.69 Å². The first-order valence-electron chi connectivity index (χ1n) is 3.17. The highest BCUT2D eigenvalue weighted by molar-refractivity contribution is 5.31. The van der Waals surface area contributed by atoms with Crippen molar-refractivity contribution in [3.05, 3.63) is 18.7 Å². The number of tetrazole rings is 1. The lowest BCUT2D eigenvalue weighted by atomic mass is 10.6. The van der Waals surface area contributed by atoms with Crippen LogP contribution in [0.15, 0.2) is 18.7 Å². The standard InChI is InChI=1S/C5H5N7/c6-4-1-7-5(8-2-4)12-3-9-10-11-12/h1-3H,6H2. The fourth-order valence-electron chi connectivity index (χ4n) is 0.702. The maximum Gasteiger partial charge on any atom is 0.253 e. The van der Waals surface area contributed by atoms with Crippen molar-refractivity contribution in [2.45, 2.75) is 0 Å². The van der Waals surface area contributed by atoms with Gasteiger partial charge in [0.2, 0.25) is 0 Å². The minimum absolute atomic E-state index is 0.397. The second kappa shape index (κ2) is 2.53. The van der Waals surface area contributed by atoms with Crippen LogP contribution in [0.2, 0.25) is 0 Å². The molecule has 2 aromatic heterocycles. The average Bonchev–Trinajstić information content (AvgIpc) is 2.58. The molecule has 0 aliphatic heterocycles. The molecule has 2 N–H and O–H groups in total. The predicted molar refractivity (Wildman–Crippen MR) is 39.2 cm³/mol. The monoisotopic (exact) mass is 163 g/mol. The third kappa shape index (κ3) is 1.07. The van der Waals surface area contributed by atoms with Crippen molar-refractivity contribution in [2.75, 3.05) is 5.73 Å². The quantitative estimate of drug-likeness (QED) is 0.581. The molecule has 0 unspecified atom stereocenters. The first-order valence-corrected chi connectivity index (χ1v) is 3.17. The number of nitrogens with zero attached hydrogens (tertiary/aromatic N) is 6. The highest BCUT2D eigenvalue weighted by Gasteiger charge is 1.98. The van der Waals surface area contributed by atoms with Crippen molar-refractivity contribution in [1.29, 1.82) is 0 Å². The van der Waals surface area contributed by atoms with Gasteiger partial charge in [0.25, 0.3) is 5.95 Å². The molecule has 7 nitrogen and oxygen atoms in total. The lowest BCUT2D eigenvalue weighted by Crippen LogP contribution is -2.02. The van der Waals surface area contributed by atoms with Gasteiger partial charge in [-0.2, -0.15) is 4.68 Å². The zero-order valence-electron chi connectivity index (χ0n) is 5.99. The Bertz CT molecular complexity index is 350. The maximum atomic E-state index is 5.39. The normalized spacial score (nSPS) is 10.0. The van der Waals surface area contributed by atoms with Crippen LogP contribution >= 0.6 is 0 Å². The molecule has 0 atom stereocenters. The summed E-state index contributed by atoms with van der Waals surface area (Å²) < 4.78 is 1.35. The van der Waals surface area contributed by atoms with Crippen LogP contribution in [0.25, 0.3) is 5.95 Å². The molecule has 0 spiro atoms. The van der Waals surface area contributed by atoms with E-state index in [-0.39, 0.29) is 0 Å². The van der Waals surface area contributed by atoms with E-state index < -0.39 is 0 Å². The summed E-state index contributed by atoms with van der Waals surface area (Å²) in [5.74, 6) is 0.397. The summed E-state index contributed by atoms with van der Waals surface area (Å²) in [5, 5.41) is 10.5. The summed E-state index contributed by atoms with van der Waals surface area (Å²) in [6, 6.07) is 0. The Morgan fingerprint density at radius 2 is 2.00 bits per heavy atom. The number of aromatic nitrogens is 6. The van der Waals surface area contributed by atoms with Gasteiger partial charge in [-0.15, -0.1) is 5.10 Å². The molecule has 0 bridgehead atoms. The first-order chi connectivity index (χ1) is 5.86. The van der Waals surface area contributed by atoms with Crippen LogP contribution in [0.1, 0.15) is 0 Å². The van der Waals surface area contributed by atoms with E-state index in [1.807, 2.05) is 0 Å². The van der Waals surface area contributed by atoms with Gasteiger partial charge in [0.05, 0.1) is 18.1 Å². The summed E-state index contributed by atoms with van der Waals surface area (Å²) in [6.07, 6.45) is 4.39. The molecule has 2 heterocycles. The summed E-state index contributed by atoms with van der Waals surface area (Å²) in [4.78, 5) is 7.81. The van der Waals surface area contributed by atoms with E-state index in [1.165, 1.54) is 23.4 Å². The Labute approximate surface area is 67.3 Å². The van der Waals surface area contributed by atoms with Gasteiger partial charge in [0.1, 0.15) is 6.33 Å². The lowest BCUT2D eigenvalue weighted by Gasteiger charge is -1.95. The van der Waals surface area contributed by atoms with Crippen LogP contribution in [0, 0.1) is 0 Å². The molecule has 0 fully saturated rings. The van der Waals surface area contributed by atoms with Crippen molar-refractivity contribution in [2.24, 2.45) is 0 Å². The van der Waals surface area contributed by atoms with E-state index in [2.05, 4.69) is 25.5 Å². The number of nitrogens with two attached hydrogens (primary N) is 1. The molecule has 0 radical (unpaired) electrons. The molecule has 0 saturated carbocycles. The Morgan fingerprint density at radius 3 is 2.58 bits per heavy atom. The lowest BCUT2D eigenvalue weighted by molar-refractivity contribution is 0.748. The Kier molecular flexibility index (Phi) is 1.40. The second-order valence-corrected chi connectivity index (χ2v) is 2.07. The number of hydrogen-bond acceptors (Lipinski definition) is 6. The van der Waals surface area contributed by atoms with Gasteiger partial charge in [0, 0.05) is 0 Å². The summed E-state index contributed by atoms with van der Waals surface area (Å²) in [5.41, 5.74) is 5.90. The second-order valence-electron chi connectivity index (χ2n) is 2.07. The number of nitrogen functional groups attached to an aromatic ring is 1. The molecule has 0 saturated heterocycles. The van der Waals surface area contributed by atoms with Crippen LogP contribution in [-0.4, -0.2) is 30.2 Å². The van der Waals surface area contributed by atoms with E-state index >= 15 is 0 Å². The van der Waals surface area contributed by atoms with E-state index in [4.69, 9.17) is 5.73 Å². The summed E-state index contributed by atoms with van der Waals surface area (Å²) in [7, 11) is 0. The average molecular weight is 163 g/mol. The smallest absolute Gasteiger partial charge is 0.253 e. The number of anilines is 1. The van der Waals surface area contributed by atoms with Crippen LogP contribution in [0.5, 0.6) is 0 Å². The Hall–Kier alpha value is -2.05. The van der Waals surface area contributed by atoms with Crippen molar-refractivity contribution >= 4 is 5.69 Å². The van der Waals surface area contributed by atoms with Gasteiger partial charge in [-0.1, -0.05) is 0 Å². The topological polar surface area (TPSA) is 95.4 Å². The van der Waals surface area contributed by atoms with Gasteiger partial charge in [-0.25, -0.2) is 9.97 Å².